The summed E-state index contributed by atoms with van der Waals surface area (Å²) in [7, 11) is -0.514. The first-order chi connectivity index (χ1) is 16.7. The molecule has 8 nitrogen and oxygen atoms in total. The highest BCUT2D eigenvalue weighted by Crippen LogP contribution is 2.36. The van der Waals surface area contributed by atoms with Crippen LogP contribution >= 0.6 is 0 Å². The first-order valence-corrected chi connectivity index (χ1v) is 12.0. The lowest BCUT2D eigenvalue weighted by Gasteiger charge is -2.32. The normalized spacial score (nSPS) is 17.3. The number of carbonyl (C=O) groups excluding carboxylic acids is 2. The van der Waals surface area contributed by atoms with Gasteiger partial charge in [-0.25, -0.2) is 0 Å². The van der Waals surface area contributed by atoms with Crippen LogP contribution in [-0.2, 0) is 18.9 Å². The number of carbonyl (C=O) groups is 2. The maximum Gasteiger partial charge on any atom is 0.494 e. The Hall–Kier alpha value is -3.14. The Labute approximate surface area is 213 Å². The highest BCUT2D eigenvalue weighted by atomic mass is 16.7. The number of aliphatic hydroxyl groups is 1. The second kappa shape index (κ2) is 10.5. The van der Waals surface area contributed by atoms with Gasteiger partial charge in [-0.2, -0.15) is 0 Å². The molecule has 0 radical (unpaired) electrons. The van der Waals surface area contributed by atoms with Crippen molar-refractivity contribution in [3.05, 3.63) is 65.9 Å². The fraction of sp³-hybridized carbons (Fsp3) is 0.407. The van der Waals surface area contributed by atoms with Crippen LogP contribution in [0.5, 0.6) is 0 Å². The molecule has 1 heterocycles. The molecule has 4 N–H and O–H groups in total. The van der Waals surface area contributed by atoms with Crippen molar-refractivity contribution >= 4 is 35.8 Å². The van der Waals surface area contributed by atoms with Crippen LogP contribution in [0.4, 0.5) is 11.4 Å². The van der Waals surface area contributed by atoms with Gasteiger partial charge in [-0.3, -0.25) is 9.59 Å². The summed E-state index contributed by atoms with van der Waals surface area (Å²) < 4.78 is 12.2. The van der Waals surface area contributed by atoms with Gasteiger partial charge < -0.3 is 30.4 Å². The van der Waals surface area contributed by atoms with Gasteiger partial charge in [-0.05, 0) is 78.2 Å². The molecule has 0 bridgehead atoms. The minimum Gasteiger partial charge on any atom is -0.399 e. The number of para-hydroxylation sites is 1. The summed E-state index contributed by atoms with van der Waals surface area (Å²) in [6.07, 6.45) is 0. The van der Waals surface area contributed by atoms with E-state index in [0.29, 0.717) is 17.1 Å². The summed E-state index contributed by atoms with van der Waals surface area (Å²) in [4.78, 5) is 26.3. The average molecular weight is 493 g/mol. The van der Waals surface area contributed by atoms with Crippen LogP contribution in [0.15, 0.2) is 65.9 Å². The predicted molar refractivity (Wildman–Crippen MR) is 143 cm³/mol. The third-order valence-corrected chi connectivity index (χ3v) is 6.34. The molecule has 0 spiro atoms. The second-order valence-corrected chi connectivity index (χ2v) is 10.7. The molecule has 2 aromatic rings. The van der Waals surface area contributed by atoms with Gasteiger partial charge in [-0.15, -0.1) is 0 Å². The van der Waals surface area contributed by atoms with E-state index in [9.17, 15) is 14.7 Å². The molecule has 1 fully saturated rings. The van der Waals surface area contributed by atoms with Gasteiger partial charge in [0.05, 0.1) is 16.8 Å². The third kappa shape index (κ3) is 6.75. The van der Waals surface area contributed by atoms with E-state index >= 15 is 0 Å². The minimum absolute atomic E-state index is 0.0851. The number of amides is 2. The van der Waals surface area contributed by atoms with Crippen molar-refractivity contribution in [3.8, 4) is 0 Å². The number of nitrogens with one attached hydrogen (secondary N) is 3. The Morgan fingerprint density at radius 3 is 1.81 bits per heavy atom. The molecule has 3 rings (SSSR count). The topological polar surface area (TPSA) is 109 Å². The Balaban J connectivity index is 1.78. The molecule has 2 aromatic carbocycles. The Bertz CT molecular complexity index is 1110. The molecule has 36 heavy (non-hydrogen) atoms. The lowest BCUT2D eigenvalue weighted by atomic mass is 9.79. The van der Waals surface area contributed by atoms with E-state index < -0.39 is 35.7 Å². The first-order valence-electron chi connectivity index (χ1n) is 12.0. The highest BCUT2D eigenvalue weighted by molar-refractivity contribution is 6.62. The molecule has 2 amide bonds. The third-order valence-electron chi connectivity index (χ3n) is 6.34. The molecular weight excluding hydrogens is 457 g/mol. The van der Waals surface area contributed by atoms with Crippen molar-refractivity contribution in [3.63, 3.8) is 0 Å². The molecule has 9 heteroatoms. The molecular formula is C27H36BN3O5. The predicted octanol–water partition coefficient (Wildman–Crippen LogP) is 3.20. The lowest BCUT2D eigenvalue weighted by Crippen LogP contribution is -2.41. The fourth-order valence-electron chi connectivity index (χ4n) is 3.49. The van der Waals surface area contributed by atoms with Crippen LogP contribution in [0.3, 0.4) is 0 Å². The zero-order valence-corrected chi connectivity index (χ0v) is 22.1. The average Bonchev–Trinajstić information content (AvgIpc) is 3.00. The van der Waals surface area contributed by atoms with E-state index in [-0.39, 0.29) is 12.1 Å². The van der Waals surface area contributed by atoms with Gasteiger partial charge in [0, 0.05) is 23.6 Å². The van der Waals surface area contributed by atoms with E-state index in [1.54, 1.807) is 57.2 Å². The van der Waals surface area contributed by atoms with E-state index in [0.717, 1.165) is 5.46 Å². The fourth-order valence-corrected chi connectivity index (χ4v) is 3.49. The standard InChI is InChI=1S/C27H36BN3O5/c1-18(29-17-25(2,3)34)22(23(32)30-20-11-9-8-10-12-20)24(33)31-21-15-13-19(14-16-21)28-35-26(4,5)27(6,7)36-28/h8-16,29,34H,17H2,1-7H3,(H,30,32)(H,31,33)/b22-18+. The summed E-state index contributed by atoms with van der Waals surface area (Å²) in [5.74, 6) is -1.14. The maximum absolute atomic E-state index is 13.2. The second-order valence-electron chi connectivity index (χ2n) is 10.7. The lowest BCUT2D eigenvalue weighted by molar-refractivity contribution is -0.118. The van der Waals surface area contributed by atoms with E-state index in [1.807, 2.05) is 45.9 Å². The molecule has 1 saturated heterocycles. The highest BCUT2D eigenvalue weighted by Gasteiger charge is 2.51. The van der Waals surface area contributed by atoms with Gasteiger partial charge in [0.2, 0.25) is 0 Å². The molecule has 0 atom stereocenters. The maximum atomic E-state index is 13.2. The van der Waals surface area contributed by atoms with Crippen molar-refractivity contribution < 1.29 is 24.0 Å². The van der Waals surface area contributed by atoms with E-state index in [2.05, 4.69) is 16.0 Å². The van der Waals surface area contributed by atoms with Crippen molar-refractivity contribution in [2.45, 2.75) is 65.3 Å². The van der Waals surface area contributed by atoms with Crippen LogP contribution in [0.1, 0.15) is 48.5 Å². The van der Waals surface area contributed by atoms with Gasteiger partial charge in [0.1, 0.15) is 5.57 Å². The first kappa shape index (κ1) is 27.5. The molecule has 0 aliphatic carbocycles. The molecule has 0 unspecified atom stereocenters. The summed E-state index contributed by atoms with van der Waals surface area (Å²) in [5, 5.41) is 18.6. The van der Waals surface area contributed by atoms with Gasteiger partial charge >= 0.3 is 7.12 Å². The van der Waals surface area contributed by atoms with E-state index in [1.165, 1.54) is 0 Å². The quantitative estimate of drug-likeness (QED) is 0.195. The number of hydrogen-bond donors (Lipinski definition) is 4. The van der Waals surface area contributed by atoms with Crippen LogP contribution in [-0.4, -0.2) is 47.4 Å². The largest absolute Gasteiger partial charge is 0.494 e. The van der Waals surface area contributed by atoms with E-state index in [4.69, 9.17) is 9.31 Å². The van der Waals surface area contributed by atoms with Crippen LogP contribution in [0.25, 0.3) is 0 Å². The Morgan fingerprint density at radius 1 is 0.861 bits per heavy atom. The minimum atomic E-state index is -1.03. The van der Waals surface area contributed by atoms with Crippen molar-refractivity contribution in [1.82, 2.24) is 5.32 Å². The van der Waals surface area contributed by atoms with Gasteiger partial charge in [0.25, 0.3) is 11.8 Å². The van der Waals surface area contributed by atoms with Crippen LogP contribution in [0, 0.1) is 0 Å². The van der Waals surface area contributed by atoms with Gasteiger partial charge in [0.15, 0.2) is 0 Å². The molecule has 0 aromatic heterocycles. The molecule has 192 valence electrons. The summed E-state index contributed by atoms with van der Waals surface area (Å²) in [5.41, 5.74) is 0.230. The zero-order chi connectivity index (χ0) is 26.7. The number of anilines is 2. The number of allylic oxidation sites excluding steroid dienone is 1. The molecule has 1 aliphatic heterocycles. The Kier molecular flexibility index (Phi) is 7.98. The monoisotopic (exact) mass is 493 g/mol. The smallest absolute Gasteiger partial charge is 0.399 e. The molecule has 1 aliphatic rings. The van der Waals surface area contributed by atoms with Crippen LogP contribution in [0.2, 0.25) is 0 Å². The summed E-state index contributed by atoms with van der Waals surface area (Å²) in [6.45, 7) is 13.0. The van der Waals surface area contributed by atoms with Crippen LogP contribution < -0.4 is 21.4 Å². The number of rotatable bonds is 8. The van der Waals surface area contributed by atoms with Crippen molar-refractivity contribution in [2.24, 2.45) is 0 Å². The SMILES string of the molecule is C/C(NCC(C)(C)O)=C(/C(=O)Nc1ccccc1)C(=O)Nc1ccc(B2OC(C)(C)C(C)(C)O2)cc1. The summed E-state index contributed by atoms with van der Waals surface area (Å²) >= 11 is 0. The van der Waals surface area contributed by atoms with Gasteiger partial charge in [-0.1, -0.05) is 30.3 Å². The summed E-state index contributed by atoms with van der Waals surface area (Å²) in [6, 6.07) is 16.0. The zero-order valence-electron chi connectivity index (χ0n) is 22.1. The Morgan fingerprint density at radius 2 is 1.33 bits per heavy atom. The molecule has 0 saturated carbocycles. The van der Waals surface area contributed by atoms with Crippen molar-refractivity contribution in [2.75, 3.05) is 17.2 Å². The number of benzene rings is 2. The van der Waals surface area contributed by atoms with Crippen molar-refractivity contribution in [1.29, 1.82) is 0 Å². The number of hydrogen-bond acceptors (Lipinski definition) is 6.